The molecule has 4 rings (SSSR count). The molecule has 2 aromatic rings. The van der Waals surface area contributed by atoms with Crippen molar-refractivity contribution < 1.29 is 23.6 Å². The van der Waals surface area contributed by atoms with Crippen molar-refractivity contribution in [2.24, 2.45) is 0 Å². The van der Waals surface area contributed by atoms with Crippen LogP contribution in [0, 0.1) is 6.92 Å². The van der Waals surface area contributed by atoms with E-state index >= 15 is 0 Å². The Hall–Kier alpha value is -3.16. The highest BCUT2D eigenvalue weighted by molar-refractivity contribution is 6.01. The van der Waals surface area contributed by atoms with Gasteiger partial charge in [0.05, 0.1) is 0 Å². The normalized spacial score (nSPS) is 20.1. The second-order valence-corrected chi connectivity index (χ2v) is 9.37. The zero-order chi connectivity index (χ0) is 23.2. The Morgan fingerprint density at radius 3 is 2.53 bits per heavy atom. The van der Waals surface area contributed by atoms with E-state index in [2.05, 4.69) is 31.7 Å². The molecule has 8 heteroatoms. The number of hydrogen-bond donors (Lipinski definition) is 0. The van der Waals surface area contributed by atoms with Crippen LogP contribution in [-0.2, 0) is 19.2 Å². The van der Waals surface area contributed by atoms with Gasteiger partial charge in [0.1, 0.15) is 5.58 Å². The summed E-state index contributed by atoms with van der Waals surface area (Å²) in [6, 6.07) is 5.54. The average Bonchev–Trinajstić information content (AvgIpc) is 3.01. The second kappa shape index (κ2) is 8.07. The molecule has 2 aliphatic heterocycles. The molecule has 2 amide bonds. The minimum Gasteiger partial charge on any atom is -0.423 e. The molecule has 1 fully saturated rings. The molecule has 3 heterocycles. The van der Waals surface area contributed by atoms with Gasteiger partial charge in [0.15, 0.2) is 0 Å². The van der Waals surface area contributed by atoms with Crippen LogP contribution in [0.5, 0.6) is 0 Å². The van der Waals surface area contributed by atoms with Crippen molar-refractivity contribution in [2.75, 3.05) is 11.4 Å². The number of benzene rings is 1. The lowest BCUT2D eigenvalue weighted by molar-refractivity contribution is -0.197. The first kappa shape index (κ1) is 22.0. The van der Waals surface area contributed by atoms with Crippen LogP contribution >= 0.6 is 0 Å². The molecule has 0 aliphatic carbocycles. The molecule has 0 radical (unpaired) electrons. The molecule has 0 spiro atoms. The van der Waals surface area contributed by atoms with Gasteiger partial charge >= 0.3 is 11.6 Å². The zero-order valence-electron chi connectivity index (χ0n) is 18.9. The van der Waals surface area contributed by atoms with E-state index < -0.39 is 17.8 Å². The van der Waals surface area contributed by atoms with Crippen LogP contribution in [0.4, 0.5) is 5.69 Å². The Kier molecular flexibility index (Phi) is 5.56. The van der Waals surface area contributed by atoms with Gasteiger partial charge in [-0.3, -0.25) is 9.59 Å². The van der Waals surface area contributed by atoms with Gasteiger partial charge in [-0.25, -0.2) is 9.59 Å². The predicted molar refractivity (Wildman–Crippen MR) is 118 cm³/mol. The number of rotatable bonds is 5. The minimum atomic E-state index is -0.600. The maximum atomic E-state index is 12.2. The highest BCUT2D eigenvalue weighted by atomic mass is 16.7. The van der Waals surface area contributed by atoms with Crippen LogP contribution < -0.4 is 10.5 Å². The van der Waals surface area contributed by atoms with Crippen molar-refractivity contribution >= 4 is 34.4 Å². The summed E-state index contributed by atoms with van der Waals surface area (Å²) in [7, 11) is 0. The molecule has 1 aromatic carbocycles. The number of imide groups is 1. The Balaban J connectivity index is 1.54. The summed E-state index contributed by atoms with van der Waals surface area (Å²) in [5.74, 6) is -1.24. The lowest BCUT2D eigenvalue weighted by Crippen LogP contribution is -2.49. The molecule has 1 aromatic heterocycles. The smallest absolute Gasteiger partial charge is 0.336 e. The average molecular weight is 440 g/mol. The number of hydrogen-bond acceptors (Lipinski definition) is 7. The number of carbonyl (C=O) groups excluding carboxylic acids is 3. The molecule has 32 heavy (non-hydrogen) atoms. The van der Waals surface area contributed by atoms with Gasteiger partial charge in [-0.2, -0.15) is 0 Å². The van der Waals surface area contributed by atoms with E-state index in [0.29, 0.717) is 29.5 Å². The van der Waals surface area contributed by atoms with Crippen LogP contribution in [0.25, 0.3) is 11.0 Å². The molecular weight excluding hydrogens is 412 g/mol. The van der Waals surface area contributed by atoms with E-state index in [1.807, 2.05) is 13.0 Å². The third-order valence-corrected chi connectivity index (χ3v) is 6.42. The summed E-state index contributed by atoms with van der Waals surface area (Å²) in [5, 5.41) is 1.51. The van der Waals surface area contributed by atoms with Gasteiger partial charge in [-0.05, 0) is 56.7 Å². The van der Waals surface area contributed by atoms with E-state index in [1.54, 1.807) is 0 Å². The summed E-state index contributed by atoms with van der Waals surface area (Å²) in [6.07, 6.45) is 1.65. The predicted octanol–water partition coefficient (Wildman–Crippen LogP) is 3.58. The number of amides is 2. The van der Waals surface area contributed by atoms with Crippen molar-refractivity contribution in [3.8, 4) is 0 Å². The van der Waals surface area contributed by atoms with Crippen LogP contribution in [0.3, 0.4) is 0 Å². The fraction of sp³-hybridized carbons (Fsp3) is 0.500. The lowest BCUT2D eigenvalue weighted by atomic mass is 9.79. The lowest BCUT2D eigenvalue weighted by Gasteiger charge is -2.47. The molecule has 0 N–H and O–H groups in total. The van der Waals surface area contributed by atoms with E-state index in [-0.39, 0.29) is 30.4 Å². The number of anilines is 1. The third kappa shape index (κ3) is 4.01. The molecule has 0 bridgehead atoms. The van der Waals surface area contributed by atoms with E-state index in [4.69, 9.17) is 9.25 Å². The van der Waals surface area contributed by atoms with E-state index in [1.165, 1.54) is 11.6 Å². The van der Waals surface area contributed by atoms with Crippen molar-refractivity contribution in [3.05, 3.63) is 39.7 Å². The van der Waals surface area contributed by atoms with Gasteiger partial charge < -0.3 is 14.2 Å². The molecular formula is C24H28N2O6. The molecule has 0 unspecified atom stereocenters. The molecule has 170 valence electrons. The number of aryl methyl sites for hydroxylation is 1. The van der Waals surface area contributed by atoms with Crippen molar-refractivity contribution in [1.82, 2.24) is 5.06 Å². The van der Waals surface area contributed by atoms with Gasteiger partial charge in [-0.1, -0.05) is 6.92 Å². The summed E-state index contributed by atoms with van der Waals surface area (Å²) < 4.78 is 5.47. The van der Waals surface area contributed by atoms with Crippen LogP contribution in [0.2, 0.25) is 0 Å². The van der Waals surface area contributed by atoms with Crippen molar-refractivity contribution in [2.45, 2.75) is 71.3 Å². The van der Waals surface area contributed by atoms with Gasteiger partial charge in [0, 0.05) is 54.6 Å². The number of fused-ring (bicyclic) bond motifs is 2. The topological polar surface area (TPSA) is 97.1 Å². The Labute approximate surface area is 186 Å². The largest absolute Gasteiger partial charge is 0.423 e. The van der Waals surface area contributed by atoms with Gasteiger partial charge in [0.25, 0.3) is 11.8 Å². The first-order valence-electron chi connectivity index (χ1n) is 11.0. The van der Waals surface area contributed by atoms with E-state index in [0.717, 1.165) is 23.1 Å². The number of hydroxylamine groups is 2. The quantitative estimate of drug-likeness (QED) is 0.518. The Morgan fingerprint density at radius 1 is 1.16 bits per heavy atom. The highest BCUT2D eigenvalue weighted by Crippen LogP contribution is 2.45. The Morgan fingerprint density at radius 2 is 1.84 bits per heavy atom. The fourth-order valence-corrected chi connectivity index (χ4v) is 4.90. The molecule has 8 nitrogen and oxygen atoms in total. The highest BCUT2D eigenvalue weighted by Gasteiger charge is 2.37. The zero-order valence-corrected chi connectivity index (χ0v) is 18.9. The molecule has 2 aliphatic rings. The molecule has 1 atom stereocenters. The van der Waals surface area contributed by atoms with Crippen molar-refractivity contribution in [3.63, 3.8) is 0 Å². The maximum absolute atomic E-state index is 12.2. The first-order chi connectivity index (χ1) is 15.1. The molecule has 1 saturated heterocycles. The second-order valence-electron chi connectivity index (χ2n) is 9.37. The number of nitrogens with zero attached hydrogens (tertiary/aromatic N) is 2. The SMILES string of the molecule is Cc1cc(=O)oc2cc3c(cc12)[C@@H](C)CC(C)(C)N3CCCC(=O)ON1C(=O)CCC1=O. The first-order valence-corrected chi connectivity index (χ1v) is 11.0. The summed E-state index contributed by atoms with van der Waals surface area (Å²) in [6.45, 7) is 8.99. The van der Waals surface area contributed by atoms with Gasteiger partial charge in [0.2, 0.25) is 0 Å². The minimum absolute atomic E-state index is 0.0760. The van der Waals surface area contributed by atoms with Gasteiger partial charge in [-0.15, -0.1) is 5.06 Å². The fourth-order valence-electron chi connectivity index (χ4n) is 4.90. The van der Waals surface area contributed by atoms with Crippen molar-refractivity contribution in [1.29, 1.82) is 0 Å². The van der Waals surface area contributed by atoms with Crippen LogP contribution in [0.1, 0.15) is 69.9 Å². The number of carbonyl (C=O) groups is 3. The molecule has 0 saturated carbocycles. The third-order valence-electron chi connectivity index (χ3n) is 6.42. The van der Waals surface area contributed by atoms with E-state index in [9.17, 15) is 19.2 Å². The Bertz CT molecular complexity index is 1150. The summed E-state index contributed by atoms with van der Waals surface area (Å²) in [5.41, 5.74) is 3.07. The maximum Gasteiger partial charge on any atom is 0.336 e. The standard InChI is InChI=1S/C24H28N2O6/c1-14-10-23(30)31-19-12-18-16(11-17(14)19)15(2)13-24(3,4)25(18)9-5-6-22(29)32-26-20(27)7-8-21(26)28/h10-12,15H,5-9,13H2,1-4H3/t15-/m0/s1. The summed E-state index contributed by atoms with van der Waals surface area (Å²) >= 11 is 0. The monoisotopic (exact) mass is 440 g/mol. The summed E-state index contributed by atoms with van der Waals surface area (Å²) in [4.78, 5) is 54.6. The van der Waals surface area contributed by atoms with Crippen LogP contribution in [-0.4, -0.2) is 34.9 Å². The van der Waals surface area contributed by atoms with Crippen LogP contribution in [0.15, 0.2) is 27.4 Å².